The minimum absolute atomic E-state index is 0.0720. The van der Waals surface area contributed by atoms with Gasteiger partial charge in [-0.05, 0) is 6.07 Å². The van der Waals surface area contributed by atoms with Crippen molar-refractivity contribution in [2.75, 3.05) is 0 Å². The summed E-state index contributed by atoms with van der Waals surface area (Å²) in [6.07, 6.45) is 0. The molecule has 0 saturated heterocycles. The van der Waals surface area contributed by atoms with Gasteiger partial charge in [-0.3, -0.25) is 0 Å². The van der Waals surface area contributed by atoms with Crippen molar-refractivity contribution >= 4 is 0 Å². The van der Waals surface area contributed by atoms with Crippen LogP contribution >= 0.6 is 0 Å². The Balaban J connectivity index is 3.07. The Kier molecular flexibility index (Phi) is 1.97. The van der Waals surface area contributed by atoms with Gasteiger partial charge in [0.15, 0.2) is 0 Å². The second kappa shape index (κ2) is 2.75. The van der Waals surface area contributed by atoms with E-state index < -0.39 is 11.6 Å². The van der Waals surface area contributed by atoms with Crippen LogP contribution in [0.5, 0.6) is 0 Å². The van der Waals surface area contributed by atoms with Crippen LogP contribution in [-0.4, -0.2) is 0 Å². The molecule has 0 unspecified atom stereocenters. The lowest BCUT2D eigenvalue weighted by molar-refractivity contribution is 0.571. The molecule has 0 aliphatic heterocycles. The van der Waals surface area contributed by atoms with Crippen molar-refractivity contribution in [3.63, 3.8) is 0 Å². The number of hydrogen-bond acceptors (Lipinski definition) is 1. The first-order valence-corrected chi connectivity index (χ1v) is 2.79. The maximum Gasteiger partial charge on any atom is 0.134 e. The van der Waals surface area contributed by atoms with Crippen LogP contribution in [0.15, 0.2) is 12.1 Å². The third-order valence-corrected chi connectivity index (χ3v) is 1.16. The van der Waals surface area contributed by atoms with Gasteiger partial charge in [0.25, 0.3) is 0 Å². The molecule has 1 radical (unpaired) electrons. The molecule has 0 aromatic heterocycles. The molecule has 0 fully saturated rings. The molecule has 0 atom stereocenters. The number of rotatable bonds is 1. The van der Waals surface area contributed by atoms with Crippen molar-refractivity contribution < 1.29 is 8.78 Å². The van der Waals surface area contributed by atoms with E-state index in [1.54, 1.807) is 0 Å². The van der Waals surface area contributed by atoms with Crippen LogP contribution in [-0.2, 0) is 6.54 Å². The van der Waals surface area contributed by atoms with Crippen LogP contribution in [0.4, 0.5) is 8.78 Å². The third kappa shape index (κ3) is 1.30. The zero-order valence-electron chi connectivity index (χ0n) is 5.20. The Morgan fingerprint density at radius 2 is 2.20 bits per heavy atom. The Morgan fingerprint density at radius 3 is 2.70 bits per heavy atom. The first-order valence-electron chi connectivity index (χ1n) is 2.79. The predicted molar refractivity (Wildman–Crippen MR) is 33.1 cm³/mol. The molecule has 1 nitrogen and oxygen atoms in total. The molecule has 3 heteroatoms. The van der Waals surface area contributed by atoms with Crippen LogP contribution < -0.4 is 5.73 Å². The lowest BCUT2D eigenvalue weighted by Gasteiger charge is -1.96. The van der Waals surface area contributed by atoms with E-state index in [9.17, 15) is 8.78 Å². The van der Waals surface area contributed by atoms with E-state index in [0.29, 0.717) is 0 Å². The molecule has 0 saturated carbocycles. The van der Waals surface area contributed by atoms with Gasteiger partial charge in [-0.25, -0.2) is 8.78 Å². The highest BCUT2D eigenvalue weighted by molar-refractivity contribution is 5.16. The fraction of sp³-hybridized carbons (Fsp3) is 0.143. The van der Waals surface area contributed by atoms with Gasteiger partial charge < -0.3 is 5.73 Å². The maximum atomic E-state index is 12.5. The molecule has 0 amide bonds. The van der Waals surface area contributed by atoms with Gasteiger partial charge in [-0.15, -0.1) is 0 Å². The molecule has 0 aliphatic carbocycles. The van der Waals surface area contributed by atoms with E-state index in [0.717, 1.165) is 6.07 Å². The normalized spacial score (nSPS) is 9.90. The van der Waals surface area contributed by atoms with E-state index in [1.165, 1.54) is 6.07 Å². The van der Waals surface area contributed by atoms with Gasteiger partial charge in [-0.2, -0.15) is 0 Å². The monoisotopic (exact) mass is 142 g/mol. The molecule has 1 aromatic rings. The van der Waals surface area contributed by atoms with E-state index in [-0.39, 0.29) is 12.1 Å². The summed E-state index contributed by atoms with van der Waals surface area (Å²) in [7, 11) is 0. The van der Waals surface area contributed by atoms with Gasteiger partial charge in [0.1, 0.15) is 11.6 Å². The van der Waals surface area contributed by atoms with Gasteiger partial charge in [0.05, 0.1) is 0 Å². The van der Waals surface area contributed by atoms with E-state index >= 15 is 0 Å². The van der Waals surface area contributed by atoms with Crippen molar-refractivity contribution in [3.8, 4) is 0 Å². The molecule has 0 bridgehead atoms. The van der Waals surface area contributed by atoms with Crippen molar-refractivity contribution in [1.29, 1.82) is 0 Å². The molecule has 0 aliphatic rings. The Morgan fingerprint density at radius 1 is 1.50 bits per heavy atom. The highest BCUT2D eigenvalue weighted by Gasteiger charge is 2.00. The van der Waals surface area contributed by atoms with E-state index in [4.69, 9.17) is 5.73 Å². The third-order valence-electron chi connectivity index (χ3n) is 1.16. The predicted octanol–water partition coefficient (Wildman–Crippen LogP) is 1.22. The molecular weight excluding hydrogens is 136 g/mol. The van der Waals surface area contributed by atoms with Crippen LogP contribution in [0, 0.1) is 17.7 Å². The minimum atomic E-state index is -0.699. The van der Waals surface area contributed by atoms with Crippen LogP contribution in [0.2, 0.25) is 0 Å². The Labute approximate surface area is 57.5 Å². The van der Waals surface area contributed by atoms with Crippen LogP contribution in [0.1, 0.15) is 5.56 Å². The first-order chi connectivity index (χ1) is 4.74. The summed E-state index contributed by atoms with van der Waals surface area (Å²) >= 11 is 0. The highest BCUT2D eigenvalue weighted by atomic mass is 19.1. The Hall–Kier alpha value is -0.960. The van der Waals surface area contributed by atoms with Crippen LogP contribution in [0.25, 0.3) is 0 Å². The van der Waals surface area contributed by atoms with Gasteiger partial charge in [0.2, 0.25) is 0 Å². The van der Waals surface area contributed by atoms with Crippen molar-refractivity contribution in [2.24, 2.45) is 5.73 Å². The van der Waals surface area contributed by atoms with Crippen molar-refractivity contribution in [2.45, 2.75) is 6.54 Å². The summed E-state index contributed by atoms with van der Waals surface area (Å²) in [6, 6.07) is 4.18. The molecule has 53 valence electrons. The maximum absolute atomic E-state index is 12.5. The molecule has 1 rings (SSSR count). The van der Waals surface area contributed by atoms with E-state index in [2.05, 4.69) is 6.07 Å². The molecule has 1 aromatic carbocycles. The smallest absolute Gasteiger partial charge is 0.134 e. The SMILES string of the molecule is NCc1c[c]c(F)cc1F. The number of nitrogens with two attached hydrogens (primary N) is 1. The van der Waals surface area contributed by atoms with Crippen molar-refractivity contribution in [1.82, 2.24) is 0 Å². The number of halogens is 2. The molecular formula is C7H6F2N. The Bertz CT molecular complexity index is 235. The van der Waals surface area contributed by atoms with Gasteiger partial charge >= 0.3 is 0 Å². The summed E-state index contributed by atoms with van der Waals surface area (Å²) < 4.78 is 24.7. The lowest BCUT2D eigenvalue weighted by atomic mass is 10.2. The van der Waals surface area contributed by atoms with E-state index in [1.807, 2.05) is 0 Å². The molecule has 10 heavy (non-hydrogen) atoms. The average Bonchev–Trinajstić information content (AvgIpc) is 1.88. The molecule has 2 N–H and O–H groups in total. The van der Waals surface area contributed by atoms with Crippen LogP contribution in [0.3, 0.4) is 0 Å². The second-order valence-electron chi connectivity index (χ2n) is 1.86. The second-order valence-corrected chi connectivity index (χ2v) is 1.86. The zero-order valence-corrected chi connectivity index (χ0v) is 5.20. The standard InChI is InChI=1S/C7H6F2N/c8-6-2-1-5(4-10)7(9)3-6/h1,3H,4,10H2. The summed E-state index contributed by atoms with van der Waals surface area (Å²) in [5.74, 6) is -1.31. The largest absolute Gasteiger partial charge is 0.326 e. The average molecular weight is 142 g/mol. The first kappa shape index (κ1) is 7.15. The number of benzene rings is 1. The van der Waals surface area contributed by atoms with Gasteiger partial charge in [0, 0.05) is 24.2 Å². The summed E-state index contributed by atoms with van der Waals surface area (Å²) in [5.41, 5.74) is 5.40. The summed E-state index contributed by atoms with van der Waals surface area (Å²) in [5, 5.41) is 0. The molecule has 0 spiro atoms. The number of hydrogen-bond donors (Lipinski definition) is 1. The fourth-order valence-corrected chi connectivity index (χ4v) is 0.627. The summed E-state index contributed by atoms with van der Waals surface area (Å²) in [4.78, 5) is 0. The fourth-order valence-electron chi connectivity index (χ4n) is 0.627. The minimum Gasteiger partial charge on any atom is -0.326 e. The highest BCUT2D eigenvalue weighted by Crippen LogP contribution is 2.06. The zero-order chi connectivity index (χ0) is 7.56. The summed E-state index contributed by atoms with van der Waals surface area (Å²) in [6.45, 7) is 0.0720. The quantitative estimate of drug-likeness (QED) is 0.626. The lowest BCUT2D eigenvalue weighted by Crippen LogP contribution is -1.99. The van der Waals surface area contributed by atoms with Crippen molar-refractivity contribution in [3.05, 3.63) is 35.4 Å². The van der Waals surface area contributed by atoms with Gasteiger partial charge in [-0.1, -0.05) is 0 Å². The topological polar surface area (TPSA) is 26.0 Å². The molecule has 0 heterocycles.